The summed E-state index contributed by atoms with van der Waals surface area (Å²) in [5, 5.41) is 0.904. The molecule has 0 saturated heterocycles. The molecular weight excluding hydrogens is 338 g/mol. The number of carbonyl (C=O) groups excluding carboxylic acids is 2. The number of amides is 2. The number of primary amides is 1. The van der Waals surface area contributed by atoms with Crippen LogP contribution in [0.25, 0.3) is 10.9 Å². The number of likely N-dealkylation sites (N-methyl/N-ethyl adjacent to an activating group) is 1. The second kappa shape index (κ2) is 6.91. The van der Waals surface area contributed by atoms with Gasteiger partial charge in [-0.2, -0.15) is 0 Å². The maximum atomic E-state index is 12.9. The van der Waals surface area contributed by atoms with Crippen molar-refractivity contribution in [1.82, 2.24) is 9.88 Å². The van der Waals surface area contributed by atoms with Crippen molar-refractivity contribution in [2.75, 3.05) is 7.05 Å². The fourth-order valence-corrected chi connectivity index (χ4v) is 3.93. The van der Waals surface area contributed by atoms with Crippen LogP contribution >= 0.6 is 0 Å². The van der Waals surface area contributed by atoms with Crippen LogP contribution in [0.4, 0.5) is 0 Å². The Labute approximate surface area is 158 Å². The highest BCUT2D eigenvalue weighted by atomic mass is 16.2. The summed E-state index contributed by atoms with van der Waals surface area (Å²) in [5.41, 5.74) is 9.85. The second-order valence-corrected chi connectivity index (χ2v) is 7.12. The van der Waals surface area contributed by atoms with E-state index in [9.17, 15) is 9.59 Å². The molecule has 2 amide bonds. The van der Waals surface area contributed by atoms with Crippen LogP contribution in [0.1, 0.15) is 22.6 Å². The minimum Gasteiger partial charge on any atom is -0.369 e. The number of hydrogen-bond donors (Lipinski definition) is 2. The molecule has 0 aliphatic heterocycles. The average Bonchev–Trinajstić information content (AvgIpc) is 3.29. The van der Waals surface area contributed by atoms with Crippen molar-refractivity contribution < 1.29 is 9.59 Å². The monoisotopic (exact) mass is 360 g/mol. The minimum absolute atomic E-state index is 0.0997. The number of aromatic amines is 1. The molecule has 27 heavy (non-hydrogen) atoms. The first-order chi connectivity index (χ1) is 13.0. The summed E-state index contributed by atoms with van der Waals surface area (Å²) in [6.45, 7) is 0. The van der Waals surface area contributed by atoms with Gasteiger partial charge in [0.15, 0.2) is 0 Å². The molecule has 0 saturated carbocycles. The summed E-state index contributed by atoms with van der Waals surface area (Å²) in [7, 11) is 1.79. The maximum absolute atomic E-state index is 12.9. The van der Waals surface area contributed by atoms with E-state index in [1.54, 1.807) is 18.1 Å². The lowest BCUT2D eigenvalue weighted by Gasteiger charge is -2.25. The Morgan fingerprint density at radius 1 is 1.11 bits per heavy atom. The van der Waals surface area contributed by atoms with E-state index in [-0.39, 0.29) is 11.9 Å². The van der Waals surface area contributed by atoms with Crippen molar-refractivity contribution in [2.45, 2.75) is 24.8 Å². The molecule has 3 N–H and O–H groups in total. The molecule has 1 aliphatic carbocycles. The number of nitrogens with one attached hydrogen (secondary N) is 1. The van der Waals surface area contributed by atoms with E-state index in [0.717, 1.165) is 29.3 Å². The lowest BCUT2D eigenvalue weighted by atomic mass is 9.93. The third kappa shape index (κ3) is 3.21. The fraction of sp³-hybridized carbons (Fsp3) is 0.227. The Hall–Kier alpha value is -3.08. The fourth-order valence-electron chi connectivity index (χ4n) is 3.93. The lowest BCUT2D eigenvalue weighted by Crippen LogP contribution is -2.39. The molecule has 5 nitrogen and oxygen atoms in total. The average molecular weight is 360 g/mol. The van der Waals surface area contributed by atoms with Gasteiger partial charge in [-0.25, -0.2) is 0 Å². The number of para-hydroxylation sites is 1. The number of aromatic nitrogens is 1. The Morgan fingerprint density at radius 2 is 1.74 bits per heavy atom. The molecule has 5 heteroatoms. The third-order valence-corrected chi connectivity index (χ3v) is 5.50. The highest BCUT2D eigenvalue weighted by Gasteiger charge is 2.31. The maximum Gasteiger partial charge on any atom is 0.227 e. The molecule has 1 aliphatic rings. The summed E-state index contributed by atoms with van der Waals surface area (Å²) in [5.74, 6) is -1.47. The van der Waals surface area contributed by atoms with Crippen LogP contribution in [0.15, 0.2) is 54.7 Å². The quantitative estimate of drug-likeness (QED) is 0.733. The molecule has 1 atom stereocenters. The van der Waals surface area contributed by atoms with Crippen LogP contribution in [0, 0.1) is 6.42 Å². The number of nitrogens with zero attached hydrogens (tertiary/aromatic N) is 1. The molecule has 1 heterocycles. The Bertz CT molecular complexity index is 982. The Balaban J connectivity index is 1.52. The summed E-state index contributed by atoms with van der Waals surface area (Å²) in [6.07, 6.45) is 4.87. The SMILES string of the molecule is CN(C(=O)[CH]C(C(N)=O)c1c[nH]c2ccccc12)C1Cc2ccccc2C1. The topological polar surface area (TPSA) is 79.2 Å². The van der Waals surface area contributed by atoms with Crippen LogP contribution < -0.4 is 5.73 Å². The van der Waals surface area contributed by atoms with Crippen molar-refractivity contribution in [2.24, 2.45) is 5.73 Å². The van der Waals surface area contributed by atoms with Gasteiger partial charge in [-0.1, -0.05) is 42.5 Å². The van der Waals surface area contributed by atoms with Crippen molar-refractivity contribution in [1.29, 1.82) is 0 Å². The Kier molecular flexibility index (Phi) is 4.44. The molecular formula is C22H22N3O2. The van der Waals surface area contributed by atoms with Crippen LogP contribution in [0.3, 0.4) is 0 Å². The number of carbonyl (C=O) groups is 2. The first kappa shape index (κ1) is 17.3. The normalized spacial score (nSPS) is 14.9. The van der Waals surface area contributed by atoms with Gasteiger partial charge in [0.25, 0.3) is 0 Å². The van der Waals surface area contributed by atoms with E-state index in [1.807, 2.05) is 36.4 Å². The number of nitrogens with two attached hydrogens (primary N) is 1. The van der Waals surface area contributed by atoms with E-state index in [0.29, 0.717) is 0 Å². The number of rotatable bonds is 5. The van der Waals surface area contributed by atoms with Gasteiger partial charge < -0.3 is 15.6 Å². The first-order valence-corrected chi connectivity index (χ1v) is 9.08. The number of H-pyrrole nitrogens is 1. The molecule has 1 unspecified atom stereocenters. The molecule has 2 aromatic carbocycles. The van der Waals surface area contributed by atoms with Crippen molar-refractivity contribution in [3.8, 4) is 0 Å². The zero-order chi connectivity index (χ0) is 19.0. The molecule has 137 valence electrons. The predicted molar refractivity (Wildman–Crippen MR) is 105 cm³/mol. The standard InChI is InChI=1S/C22H22N3O2/c1-25(16-10-14-6-2-3-7-15(14)11-16)21(26)12-18(22(23)27)19-13-24-20-9-5-4-8-17(19)20/h2-9,12-13,16,18,24H,10-11H2,1H3,(H2,23,27). The molecule has 4 rings (SSSR count). The first-order valence-electron chi connectivity index (χ1n) is 9.08. The summed E-state index contributed by atoms with van der Waals surface area (Å²) < 4.78 is 0. The number of benzene rings is 2. The highest BCUT2D eigenvalue weighted by molar-refractivity contribution is 5.99. The molecule has 0 spiro atoms. The molecule has 0 fully saturated rings. The zero-order valence-electron chi connectivity index (χ0n) is 15.2. The van der Waals surface area contributed by atoms with Gasteiger partial charge in [0.1, 0.15) is 0 Å². The van der Waals surface area contributed by atoms with Gasteiger partial charge in [-0.15, -0.1) is 0 Å². The number of fused-ring (bicyclic) bond motifs is 2. The van der Waals surface area contributed by atoms with E-state index in [4.69, 9.17) is 5.73 Å². The Morgan fingerprint density at radius 3 is 2.41 bits per heavy atom. The second-order valence-electron chi connectivity index (χ2n) is 7.12. The number of hydrogen-bond acceptors (Lipinski definition) is 2. The smallest absolute Gasteiger partial charge is 0.227 e. The summed E-state index contributed by atoms with van der Waals surface area (Å²) in [6, 6.07) is 16.0. The van der Waals surface area contributed by atoms with E-state index in [1.165, 1.54) is 17.5 Å². The van der Waals surface area contributed by atoms with Crippen LogP contribution in [0.5, 0.6) is 0 Å². The largest absolute Gasteiger partial charge is 0.369 e. The van der Waals surface area contributed by atoms with E-state index < -0.39 is 11.8 Å². The van der Waals surface area contributed by atoms with Gasteiger partial charge >= 0.3 is 0 Å². The third-order valence-electron chi connectivity index (χ3n) is 5.50. The van der Waals surface area contributed by atoms with Crippen molar-refractivity contribution >= 4 is 22.7 Å². The van der Waals surface area contributed by atoms with Gasteiger partial charge in [0, 0.05) is 30.2 Å². The predicted octanol–water partition coefficient (Wildman–Crippen LogP) is 2.57. The van der Waals surface area contributed by atoms with Gasteiger partial charge in [-0.3, -0.25) is 9.59 Å². The van der Waals surface area contributed by atoms with E-state index >= 15 is 0 Å². The van der Waals surface area contributed by atoms with Crippen LogP contribution in [-0.4, -0.2) is 34.8 Å². The molecule has 0 bridgehead atoms. The minimum atomic E-state index is -0.764. The van der Waals surface area contributed by atoms with Crippen molar-refractivity contribution in [3.05, 3.63) is 77.8 Å². The summed E-state index contributed by atoms with van der Waals surface area (Å²) in [4.78, 5) is 29.9. The molecule has 1 radical (unpaired) electrons. The summed E-state index contributed by atoms with van der Waals surface area (Å²) >= 11 is 0. The highest BCUT2D eigenvalue weighted by Crippen LogP contribution is 2.29. The van der Waals surface area contributed by atoms with Crippen LogP contribution in [-0.2, 0) is 22.4 Å². The zero-order valence-corrected chi connectivity index (χ0v) is 15.2. The van der Waals surface area contributed by atoms with Gasteiger partial charge in [0.2, 0.25) is 11.8 Å². The van der Waals surface area contributed by atoms with E-state index in [2.05, 4.69) is 17.1 Å². The molecule has 3 aromatic rings. The van der Waals surface area contributed by atoms with Gasteiger partial charge in [0.05, 0.1) is 12.3 Å². The van der Waals surface area contributed by atoms with Gasteiger partial charge in [-0.05, 0) is 35.6 Å². The van der Waals surface area contributed by atoms with Crippen LogP contribution in [0.2, 0.25) is 0 Å². The molecule has 1 aromatic heterocycles. The lowest BCUT2D eigenvalue weighted by molar-refractivity contribution is -0.130. The van der Waals surface area contributed by atoms with Crippen molar-refractivity contribution in [3.63, 3.8) is 0 Å².